The van der Waals surface area contributed by atoms with Crippen LogP contribution >= 0.6 is 22.6 Å². The number of carboxylic acids is 1. The highest BCUT2D eigenvalue weighted by atomic mass is 127. The second kappa shape index (κ2) is 6.55. The molecule has 92 valence electrons. The van der Waals surface area contributed by atoms with Gasteiger partial charge in [-0.05, 0) is 34.7 Å². The number of aliphatic carboxylic acids is 1. The molecule has 0 radical (unpaired) electrons. The fourth-order valence-electron chi connectivity index (χ4n) is 1.19. The minimum absolute atomic E-state index is 0.00944. The fraction of sp³-hybridized carbons (Fsp3) is 0.273. The zero-order valence-corrected chi connectivity index (χ0v) is 11.0. The summed E-state index contributed by atoms with van der Waals surface area (Å²) < 4.78 is 0.821. The first kappa shape index (κ1) is 13.9. The zero-order valence-electron chi connectivity index (χ0n) is 8.89. The molecule has 0 heterocycles. The van der Waals surface area contributed by atoms with Crippen molar-refractivity contribution in [2.45, 2.75) is 12.5 Å². The molecule has 0 saturated heterocycles. The Bertz CT molecular complexity index is 422. The Labute approximate surface area is 112 Å². The van der Waals surface area contributed by atoms with Crippen molar-refractivity contribution in [1.29, 1.82) is 0 Å². The van der Waals surface area contributed by atoms with Gasteiger partial charge in [0.25, 0.3) is 5.91 Å². The summed E-state index contributed by atoms with van der Waals surface area (Å²) in [6, 6.07) is 7.07. The van der Waals surface area contributed by atoms with Crippen molar-refractivity contribution in [2.24, 2.45) is 0 Å². The minimum Gasteiger partial charge on any atom is -0.479 e. The van der Waals surface area contributed by atoms with Crippen LogP contribution in [0.4, 0.5) is 0 Å². The Hall–Kier alpha value is -1.15. The van der Waals surface area contributed by atoms with Gasteiger partial charge in [0, 0.05) is 16.5 Å². The molecule has 1 rings (SSSR count). The number of aliphatic hydroxyl groups is 1. The van der Waals surface area contributed by atoms with Gasteiger partial charge in [0.05, 0.1) is 5.56 Å². The van der Waals surface area contributed by atoms with E-state index in [1.165, 1.54) is 0 Å². The topological polar surface area (TPSA) is 86.6 Å². The summed E-state index contributed by atoms with van der Waals surface area (Å²) in [5, 5.41) is 20.0. The van der Waals surface area contributed by atoms with Crippen molar-refractivity contribution in [3.8, 4) is 0 Å². The molecule has 0 bridgehead atoms. The number of benzene rings is 1. The molecule has 1 amide bonds. The molecule has 0 saturated carbocycles. The van der Waals surface area contributed by atoms with E-state index >= 15 is 0 Å². The lowest BCUT2D eigenvalue weighted by Crippen LogP contribution is -2.30. The number of hydrogen-bond donors (Lipinski definition) is 3. The van der Waals surface area contributed by atoms with E-state index in [1.54, 1.807) is 12.1 Å². The highest BCUT2D eigenvalue weighted by molar-refractivity contribution is 14.1. The van der Waals surface area contributed by atoms with Crippen molar-refractivity contribution in [2.75, 3.05) is 6.54 Å². The molecule has 5 nitrogen and oxygen atoms in total. The monoisotopic (exact) mass is 349 g/mol. The number of halogens is 1. The van der Waals surface area contributed by atoms with Crippen LogP contribution in [0.5, 0.6) is 0 Å². The van der Waals surface area contributed by atoms with Crippen LogP contribution in [-0.4, -0.2) is 34.7 Å². The maximum absolute atomic E-state index is 11.7. The lowest BCUT2D eigenvalue weighted by atomic mass is 10.2. The number of carbonyl (C=O) groups is 2. The van der Waals surface area contributed by atoms with E-state index < -0.39 is 12.1 Å². The standard InChI is InChI=1S/C11H12INO4/c12-8-4-2-1-3-7(8)10(15)13-6-5-9(14)11(16)17/h1-4,9,14H,5-6H2,(H,13,15)(H,16,17). The van der Waals surface area contributed by atoms with Crippen LogP contribution in [-0.2, 0) is 4.79 Å². The number of rotatable bonds is 5. The van der Waals surface area contributed by atoms with Crippen LogP contribution < -0.4 is 5.32 Å². The molecule has 0 aliphatic rings. The number of nitrogens with one attached hydrogen (secondary N) is 1. The van der Waals surface area contributed by atoms with Gasteiger partial charge in [-0.25, -0.2) is 4.79 Å². The van der Waals surface area contributed by atoms with Crippen LogP contribution in [0, 0.1) is 3.57 Å². The van der Waals surface area contributed by atoms with E-state index in [-0.39, 0.29) is 18.9 Å². The first-order chi connectivity index (χ1) is 8.02. The summed E-state index contributed by atoms with van der Waals surface area (Å²) in [6.07, 6.45) is -1.45. The van der Waals surface area contributed by atoms with Gasteiger partial charge in [0.2, 0.25) is 0 Å². The second-order valence-corrected chi connectivity index (χ2v) is 4.54. The molecule has 0 aliphatic heterocycles. The number of carboxylic acid groups (broad SMARTS) is 1. The van der Waals surface area contributed by atoms with Gasteiger partial charge in [-0.3, -0.25) is 4.79 Å². The van der Waals surface area contributed by atoms with Crippen LogP contribution in [0.3, 0.4) is 0 Å². The maximum Gasteiger partial charge on any atom is 0.332 e. The average molecular weight is 349 g/mol. The molecule has 3 N–H and O–H groups in total. The summed E-state index contributed by atoms with van der Waals surface area (Å²) in [4.78, 5) is 22.0. The van der Waals surface area contributed by atoms with Crippen LogP contribution in [0.2, 0.25) is 0 Å². The highest BCUT2D eigenvalue weighted by Gasteiger charge is 2.14. The van der Waals surface area contributed by atoms with Crippen molar-refractivity contribution >= 4 is 34.5 Å². The number of aliphatic hydroxyl groups excluding tert-OH is 1. The molecule has 1 aromatic carbocycles. The summed E-state index contributed by atoms with van der Waals surface area (Å²) in [5.74, 6) is -1.55. The van der Waals surface area contributed by atoms with Crippen LogP contribution in [0.1, 0.15) is 16.8 Å². The van der Waals surface area contributed by atoms with Gasteiger partial charge >= 0.3 is 5.97 Å². The molecule has 1 aromatic rings. The largest absolute Gasteiger partial charge is 0.479 e. The lowest BCUT2D eigenvalue weighted by molar-refractivity contribution is -0.146. The van der Waals surface area contributed by atoms with Crippen molar-refractivity contribution < 1.29 is 19.8 Å². The number of amides is 1. The molecule has 0 fully saturated rings. The Morgan fingerprint density at radius 3 is 2.59 bits per heavy atom. The van der Waals surface area contributed by atoms with Gasteiger partial charge in [-0.2, -0.15) is 0 Å². The normalized spacial score (nSPS) is 11.9. The fourth-order valence-corrected chi connectivity index (χ4v) is 1.82. The lowest BCUT2D eigenvalue weighted by Gasteiger charge is -2.08. The molecule has 0 aliphatic carbocycles. The summed E-state index contributed by atoms with van der Waals surface area (Å²) in [7, 11) is 0. The second-order valence-electron chi connectivity index (χ2n) is 3.38. The number of carbonyl (C=O) groups excluding carboxylic acids is 1. The Balaban J connectivity index is 2.46. The summed E-state index contributed by atoms with van der Waals surface area (Å²) in [5.41, 5.74) is 0.540. The van der Waals surface area contributed by atoms with Gasteiger partial charge in [0.1, 0.15) is 0 Å². The van der Waals surface area contributed by atoms with Crippen molar-refractivity contribution in [1.82, 2.24) is 5.32 Å². The molecule has 17 heavy (non-hydrogen) atoms. The molecule has 0 aromatic heterocycles. The predicted octanol–water partition coefficient (Wildman–Crippen LogP) is 0.857. The Kier molecular flexibility index (Phi) is 5.36. The first-order valence-electron chi connectivity index (χ1n) is 4.96. The van der Waals surface area contributed by atoms with E-state index in [0.717, 1.165) is 3.57 Å². The third-order valence-electron chi connectivity index (χ3n) is 2.11. The molecular weight excluding hydrogens is 337 g/mol. The minimum atomic E-state index is -1.44. The first-order valence-corrected chi connectivity index (χ1v) is 6.04. The molecular formula is C11H12INO4. The number of hydrogen-bond acceptors (Lipinski definition) is 3. The molecule has 6 heteroatoms. The van der Waals surface area contributed by atoms with E-state index in [0.29, 0.717) is 5.56 Å². The third kappa shape index (κ3) is 4.31. The molecule has 0 spiro atoms. The van der Waals surface area contributed by atoms with E-state index in [9.17, 15) is 9.59 Å². The Morgan fingerprint density at radius 2 is 2.00 bits per heavy atom. The van der Waals surface area contributed by atoms with Crippen LogP contribution in [0.25, 0.3) is 0 Å². The smallest absolute Gasteiger partial charge is 0.332 e. The van der Waals surface area contributed by atoms with Gasteiger partial charge in [-0.15, -0.1) is 0 Å². The summed E-state index contributed by atoms with van der Waals surface area (Å²) >= 11 is 2.05. The molecule has 1 unspecified atom stereocenters. The Morgan fingerprint density at radius 1 is 1.35 bits per heavy atom. The van der Waals surface area contributed by atoms with Crippen LogP contribution in [0.15, 0.2) is 24.3 Å². The van der Waals surface area contributed by atoms with Gasteiger partial charge in [-0.1, -0.05) is 12.1 Å². The van der Waals surface area contributed by atoms with Crippen molar-refractivity contribution in [3.63, 3.8) is 0 Å². The van der Waals surface area contributed by atoms with E-state index in [4.69, 9.17) is 10.2 Å². The SMILES string of the molecule is O=C(NCCC(O)C(=O)O)c1ccccc1I. The van der Waals surface area contributed by atoms with Crippen molar-refractivity contribution in [3.05, 3.63) is 33.4 Å². The summed E-state index contributed by atoms with van der Waals surface area (Å²) in [6.45, 7) is 0.122. The third-order valence-corrected chi connectivity index (χ3v) is 3.05. The zero-order chi connectivity index (χ0) is 12.8. The molecule has 1 atom stereocenters. The maximum atomic E-state index is 11.7. The van der Waals surface area contributed by atoms with E-state index in [2.05, 4.69) is 5.32 Å². The van der Waals surface area contributed by atoms with Gasteiger partial charge in [0.15, 0.2) is 6.10 Å². The van der Waals surface area contributed by atoms with E-state index in [1.807, 2.05) is 34.7 Å². The average Bonchev–Trinajstić information content (AvgIpc) is 2.29. The quantitative estimate of drug-likeness (QED) is 0.688. The van der Waals surface area contributed by atoms with Gasteiger partial charge < -0.3 is 15.5 Å². The highest BCUT2D eigenvalue weighted by Crippen LogP contribution is 2.10. The predicted molar refractivity (Wildman–Crippen MR) is 69.8 cm³/mol.